The number of hydrogen-bond acceptors (Lipinski definition) is 5. The van der Waals surface area contributed by atoms with Gasteiger partial charge in [0.1, 0.15) is 12.1 Å². The van der Waals surface area contributed by atoms with Crippen molar-refractivity contribution in [3.63, 3.8) is 0 Å². The first-order valence-corrected chi connectivity index (χ1v) is 7.26. The van der Waals surface area contributed by atoms with Gasteiger partial charge in [-0.15, -0.1) is 0 Å². The van der Waals surface area contributed by atoms with E-state index in [1.807, 2.05) is 42.3 Å². The second-order valence-electron chi connectivity index (χ2n) is 5.45. The van der Waals surface area contributed by atoms with Crippen LogP contribution in [0.1, 0.15) is 6.92 Å². The van der Waals surface area contributed by atoms with Crippen molar-refractivity contribution >= 4 is 22.8 Å². The number of carbonyl (C=O) groups is 1. The molecule has 0 fully saturated rings. The zero-order valence-electron chi connectivity index (χ0n) is 12.9. The van der Waals surface area contributed by atoms with Crippen LogP contribution in [0.3, 0.4) is 0 Å². The van der Waals surface area contributed by atoms with Gasteiger partial charge >= 0.3 is 5.97 Å². The van der Waals surface area contributed by atoms with Gasteiger partial charge in [-0.05, 0) is 12.1 Å². The number of aromatic nitrogens is 4. The molecule has 0 saturated heterocycles. The summed E-state index contributed by atoms with van der Waals surface area (Å²) in [4.78, 5) is 21.5. The SMILES string of the molecule is CC(CN(C)c1ncnc2c1cnn2-c1ccccc1)C(=O)O. The van der Waals surface area contributed by atoms with Gasteiger partial charge < -0.3 is 10.0 Å². The van der Waals surface area contributed by atoms with Gasteiger partial charge in [-0.25, -0.2) is 14.6 Å². The van der Waals surface area contributed by atoms with Crippen molar-refractivity contribution in [1.29, 1.82) is 0 Å². The Balaban J connectivity index is 2.00. The zero-order valence-corrected chi connectivity index (χ0v) is 12.9. The zero-order chi connectivity index (χ0) is 16.4. The molecule has 0 spiro atoms. The molecule has 7 nitrogen and oxygen atoms in total. The number of anilines is 1. The molecule has 0 amide bonds. The van der Waals surface area contributed by atoms with Crippen molar-refractivity contribution in [3.05, 3.63) is 42.9 Å². The van der Waals surface area contributed by atoms with Gasteiger partial charge in [0, 0.05) is 13.6 Å². The number of carboxylic acid groups (broad SMARTS) is 1. The quantitative estimate of drug-likeness (QED) is 0.775. The Labute approximate surface area is 133 Å². The molecule has 3 rings (SSSR count). The van der Waals surface area contributed by atoms with Gasteiger partial charge in [0.05, 0.1) is 23.2 Å². The van der Waals surface area contributed by atoms with E-state index in [4.69, 9.17) is 5.11 Å². The van der Waals surface area contributed by atoms with Crippen LogP contribution >= 0.6 is 0 Å². The first kappa shape index (κ1) is 15.0. The number of carboxylic acids is 1. The van der Waals surface area contributed by atoms with E-state index in [9.17, 15) is 4.79 Å². The number of benzene rings is 1. The monoisotopic (exact) mass is 311 g/mol. The van der Waals surface area contributed by atoms with Crippen molar-refractivity contribution in [3.8, 4) is 5.69 Å². The molecule has 1 aromatic carbocycles. The average Bonchev–Trinajstić information content (AvgIpc) is 2.99. The van der Waals surface area contributed by atoms with Gasteiger partial charge in [-0.1, -0.05) is 25.1 Å². The number of fused-ring (bicyclic) bond motifs is 1. The molecule has 23 heavy (non-hydrogen) atoms. The van der Waals surface area contributed by atoms with E-state index in [0.29, 0.717) is 18.0 Å². The van der Waals surface area contributed by atoms with Crippen LogP contribution in [0.2, 0.25) is 0 Å². The lowest BCUT2D eigenvalue weighted by Gasteiger charge is -2.20. The summed E-state index contributed by atoms with van der Waals surface area (Å²) in [6.45, 7) is 2.03. The minimum atomic E-state index is -0.831. The average molecular weight is 311 g/mol. The number of hydrogen-bond donors (Lipinski definition) is 1. The summed E-state index contributed by atoms with van der Waals surface area (Å²) in [7, 11) is 1.82. The number of nitrogens with zero attached hydrogens (tertiary/aromatic N) is 5. The fourth-order valence-electron chi connectivity index (χ4n) is 2.47. The Morgan fingerprint density at radius 3 is 2.74 bits per heavy atom. The Morgan fingerprint density at radius 2 is 2.04 bits per heavy atom. The van der Waals surface area contributed by atoms with Crippen LogP contribution in [0.15, 0.2) is 42.9 Å². The van der Waals surface area contributed by atoms with E-state index >= 15 is 0 Å². The van der Waals surface area contributed by atoms with Crippen molar-refractivity contribution in [2.45, 2.75) is 6.92 Å². The maximum absolute atomic E-state index is 11.0. The van der Waals surface area contributed by atoms with Crippen LogP contribution in [0.5, 0.6) is 0 Å². The second kappa shape index (κ2) is 6.04. The highest BCUT2D eigenvalue weighted by Crippen LogP contribution is 2.24. The molecule has 1 atom stereocenters. The smallest absolute Gasteiger partial charge is 0.308 e. The molecule has 0 aliphatic heterocycles. The lowest BCUT2D eigenvalue weighted by Crippen LogP contribution is -2.29. The third kappa shape index (κ3) is 2.85. The van der Waals surface area contributed by atoms with Gasteiger partial charge in [0.25, 0.3) is 0 Å². The molecule has 2 heterocycles. The molecule has 1 unspecified atom stereocenters. The minimum absolute atomic E-state index is 0.359. The van der Waals surface area contributed by atoms with E-state index in [0.717, 1.165) is 11.1 Å². The summed E-state index contributed by atoms with van der Waals surface area (Å²) in [5, 5.41) is 14.3. The summed E-state index contributed by atoms with van der Waals surface area (Å²) in [5.74, 6) is -0.651. The summed E-state index contributed by atoms with van der Waals surface area (Å²) in [6, 6.07) is 9.71. The molecule has 0 aliphatic carbocycles. The molecule has 0 saturated carbocycles. The van der Waals surface area contributed by atoms with Crippen molar-refractivity contribution < 1.29 is 9.90 Å². The first-order chi connectivity index (χ1) is 11.1. The predicted octanol–water partition coefficient (Wildman–Crippen LogP) is 1.97. The van der Waals surface area contributed by atoms with E-state index in [-0.39, 0.29) is 0 Å². The summed E-state index contributed by atoms with van der Waals surface area (Å²) in [6.07, 6.45) is 3.18. The Bertz CT molecular complexity index is 831. The largest absolute Gasteiger partial charge is 0.481 e. The molecule has 3 aromatic rings. The third-order valence-electron chi connectivity index (χ3n) is 3.68. The van der Waals surface area contributed by atoms with Crippen LogP contribution in [0.25, 0.3) is 16.7 Å². The molecule has 118 valence electrons. The maximum atomic E-state index is 11.0. The fraction of sp³-hybridized carbons (Fsp3) is 0.250. The van der Waals surface area contributed by atoms with Crippen LogP contribution in [-0.4, -0.2) is 44.4 Å². The highest BCUT2D eigenvalue weighted by molar-refractivity contribution is 5.87. The van der Waals surface area contributed by atoms with E-state index in [2.05, 4.69) is 15.1 Å². The Morgan fingerprint density at radius 1 is 1.30 bits per heavy atom. The van der Waals surface area contributed by atoms with E-state index in [1.54, 1.807) is 17.8 Å². The predicted molar refractivity (Wildman–Crippen MR) is 86.7 cm³/mol. The number of rotatable bonds is 5. The van der Waals surface area contributed by atoms with Gasteiger partial charge in [0.15, 0.2) is 5.65 Å². The molecule has 0 radical (unpaired) electrons. The molecular weight excluding hydrogens is 294 g/mol. The summed E-state index contributed by atoms with van der Waals surface area (Å²) in [5.41, 5.74) is 1.60. The van der Waals surface area contributed by atoms with Crippen molar-refractivity contribution in [1.82, 2.24) is 19.7 Å². The highest BCUT2D eigenvalue weighted by Gasteiger charge is 2.18. The molecule has 2 aromatic heterocycles. The molecule has 7 heteroatoms. The fourth-order valence-corrected chi connectivity index (χ4v) is 2.47. The van der Waals surface area contributed by atoms with Crippen molar-refractivity contribution in [2.24, 2.45) is 5.92 Å². The normalized spacial score (nSPS) is 12.3. The van der Waals surface area contributed by atoms with E-state index < -0.39 is 11.9 Å². The van der Waals surface area contributed by atoms with Crippen LogP contribution in [0, 0.1) is 5.92 Å². The topological polar surface area (TPSA) is 84.1 Å². The standard InChI is InChI=1S/C16H17N5O2/c1-11(16(22)23)9-20(2)14-13-8-19-21(15(13)18-10-17-14)12-6-4-3-5-7-12/h3-8,10-11H,9H2,1-2H3,(H,22,23). The van der Waals surface area contributed by atoms with Gasteiger partial charge in [-0.2, -0.15) is 5.10 Å². The molecular formula is C16H17N5O2. The van der Waals surface area contributed by atoms with Crippen LogP contribution < -0.4 is 4.90 Å². The van der Waals surface area contributed by atoms with Gasteiger partial charge in [0.2, 0.25) is 0 Å². The number of para-hydroxylation sites is 1. The Kier molecular flexibility index (Phi) is 3.92. The minimum Gasteiger partial charge on any atom is -0.481 e. The molecule has 0 aliphatic rings. The van der Waals surface area contributed by atoms with E-state index in [1.165, 1.54) is 6.33 Å². The molecule has 0 bridgehead atoms. The highest BCUT2D eigenvalue weighted by atomic mass is 16.4. The summed E-state index contributed by atoms with van der Waals surface area (Å²) >= 11 is 0. The maximum Gasteiger partial charge on any atom is 0.308 e. The second-order valence-corrected chi connectivity index (χ2v) is 5.45. The lowest BCUT2D eigenvalue weighted by molar-refractivity contribution is -0.140. The Hall–Kier alpha value is -2.96. The van der Waals surface area contributed by atoms with Crippen molar-refractivity contribution in [2.75, 3.05) is 18.5 Å². The first-order valence-electron chi connectivity index (χ1n) is 7.26. The van der Waals surface area contributed by atoms with Crippen LogP contribution in [0.4, 0.5) is 5.82 Å². The number of aliphatic carboxylic acids is 1. The molecule has 1 N–H and O–H groups in total. The summed E-state index contributed by atoms with van der Waals surface area (Å²) < 4.78 is 1.75. The lowest BCUT2D eigenvalue weighted by atomic mass is 10.2. The van der Waals surface area contributed by atoms with Gasteiger partial charge in [-0.3, -0.25) is 4.79 Å². The third-order valence-corrected chi connectivity index (χ3v) is 3.68. The van der Waals surface area contributed by atoms with Crippen LogP contribution in [-0.2, 0) is 4.79 Å².